The maximum absolute atomic E-state index is 5.13. The van der Waals surface area contributed by atoms with E-state index >= 15 is 0 Å². The molecule has 0 atom stereocenters. The minimum Gasteiger partial charge on any atom is -0.500 e. The Labute approximate surface area is 218 Å². The van der Waals surface area contributed by atoms with Crippen molar-refractivity contribution in [3.05, 3.63) is 116 Å². The molecule has 0 N–H and O–H groups in total. The first-order valence-corrected chi connectivity index (χ1v) is 11.8. The standard InChI is InChI=1S/C29H22N3S.Pt/c1-29(2,32-19-18-31(20-32)21-10-4-3-5-11-21)27-17-9-15-25(30-27)24-14-8-13-23-22-12-6-7-16-26(22)33-28(23)24;/h3-10,12-13,15-20H,1-2H3;/q-3;. The fourth-order valence-electron chi connectivity index (χ4n) is 4.30. The molecule has 3 nitrogen and oxygen atoms in total. The Balaban J connectivity index is 0.00000241. The maximum atomic E-state index is 5.13. The van der Waals surface area contributed by atoms with Gasteiger partial charge in [0.05, 0.1) is 5.69 Å². The first kappa shape index (κ1) is 22.8. The van der Waals surface area contributed by atoms with Crippen LogP contribution >= 0.6 is 11.3 Å². The summed E-state index contributed by atoms with van der Waals surface area (Å²) in [6.45, 7) is 6.49. The van der Waals surface area contributed by atoms with E-state index in [4.69, 9.17) is 4.98 Å². The third kappa shape index (κ3) is 3.85. The van der Waals surface area contributed by atoms with Gasteiger partial charge in [0.2, 0.25) is 0 Å². The Bertz CT molecular complexity index is 1490. The van der Waals surface area contributed by atoms with Crippen LogP contribution in [0.2, 0.25) is 0 Å². The van der Waals surface area contributed by atoms with E-state index in [2.05, 4.69) is 109 Å². The molecule has 0 bridgehead atoms. The van der Waals surface area contributed by atoms with E-state index in [9.17, 15) is 0 Å². The molecule has 34 heavy (non-hydrogen) atoms. The zero-order chi connectivity index (χ0) is 22.4. The van der Waals surface area contributed by atoms with Crippen LogP contribution in [0.4, 0.5) is 5.69 Å². The van der Waals surface area contributed by atoms with Crippen molar-refractivity contribution in [1.29, 1.82) is 0 Å². The van der Waals surface area contributed by atoms with Crippen LogP contribution in [-0.4, -0.2) is 9.88 Å². The van der Waals surface area contributed by atoms with Crippen LogP contribution in [0.25, 0.3) is 31.4 Å². The van der Waals surface area contributed by atoms with Crippen molar-refractivity contribution in [1.82, 2.24) is 9.88 Å². The smallest absolute Gasteiger partial charge is 0.0523 e. The van der Waals surface area contributed by atoms with E-state index in [1.807, 2.05) is 35.6 Å². The molecule has 0 radical (unpaired) electrons. The van der Waals surface area contributed by atoms with Crippen molar-refractivity contribution in [3.63, 3.8) is 0 Å². The Hall–Kier alpha value is -2.94. The van der Waals surface area contributed by atoms with Gasteiger partial charge in [-0.15, -0.1) is 29.4 Å². The van der Waals surface area contributed by atoms with E-state index in [1.54, 1.807) is 0 Å². The van der Waals surface area contributed by atoms with Gasteiger partial charge in [-0.3, -0.25) is 4.98 Å². The Morgan fingerprint density at radius 3 is 2.56 bits per heavy atom. The summed E-state index contributed by atoms with van der Waals surface area (Å²) < 4.78 is 2.53. The summed E-state index contributed by atoms with van der Waals surface area (Å²) >= 11 is 1.81. The molecule has 0 fully saturated rings. The maximum Gasteiger partial charge on any atom is 0.0523 e. The predicted octanol–water partition coefficient (Wildman–Crippen LogP) is 7.36. The molecule has 0 aliphatic carbocycles. The van der Waals surface area contributed by atoms with Gasteiger partial charge in [-0.2, -0.15) is 48.3 Å². The molecule has 0 unspecified atom stereocenters. The number of benzene rings is 3. The van der Waals surface area contributed by atoms with Gasteiger partial charge in [-0.05, 0) is 54.2 Å². The number of rotatable bonds is 4. The second-order valence-corrected chi connectivity index (χ2v) is 9.69. The molecular weight excluding hydrogens is 617 g/mol. The normalized spacial score (nSPS) is 13.6. The molecular formula is C29H22N3PtS-3. The van der Waals surface area contributed by atoms with Crippen molar-refractivity contribution >= 4 is 37.2 Å². The number of aromatic nitrogens is 1. The molecule has 1 aliphatic rings. The van der Waals surface area contributed by atoms with Crippen LogP contribution in [-0.2, 0) is 26.6 Å². The molecule has 0 saturated carbocycles. The third-order valence-corrected chi connectivity index (χ3v) is 7.43. The van der Waals surface area contributed by atoms with Crippen molar-refractivity contribution in [2.45, 2.75) is 19.4 Å². The summed E-state index contributed by atoms with van der Waals surface area (Å²) in [4.78, 5) is 9.41. The Kier molecular flexibility index (Phi) is 6.05. The minimum absolute atomic E-state index is 0. The zero-order valence-electron chi connectivity index (χ0n) is 18.8. The Morgan fingerprint density at radius 1 is 0.853 bits per heavy atom. The monoisotopic (exact) mass is 639 g/mol. The van der Waals surface area contributed by atoms with Crippen LogP contribution in [0.15, 0.2) is 91.3 Å². The van der Waals surface area contributed by atoms with Crippen molar-refractivity contribution in [3.8, 4) is 11.3 Å². The molecule has 1 aliphatic heterocycles. The average molecular weight is 640 g/mol. The third-order valence-electron chi connectivity index (χ3n) is 6.22. The molecule has 3 aromatic carbocycles. The first-order valence-electron chi connectivity index (χ1n) is 11.0. The molecule has 6 rings (SSSR count). The number of fused-ring (bicyclic) bond motifs is 3. The van der Waals surface area contributed by atoms with Crippen molar-refractivity contribution in [2.75, 3.05) is 4.90 Å². The van der Waals surface area contributed by atoms with Gasteiger partial charge < -0.3 is 9.80 Å². The van der Waals surface area contributed by atoms with Gasteiger partial charge in [0, 0.05) is 31.3 Å². The molecule has 172 valence electrons. The van der Waals surface area contributed by atoms with Gasteiger partial charge in [0.25, 0.3) is 0 Å². The SMILES string of the molecule is CC(C)(c1cccc(-c2[c-]ccc3c2sc2ccccc23)n1)N1C=CN(c2[c-]cccc2)[CH-]1.[Pt]. The van der Waals surface area contributed by atoms with E-state index in [0.717, 1.165) is 22.6 Å². The summed E-state index contributed by atoms with van der Waals surface area (Å²) in [6.07, 6.45) is 4.15. The fourth-order valence-corrected chi connectivity index (χ4v) is 5.51. The van der Waals surface area contributed by atoms with E-state index in [0.29, 0.717) is 0 Å². The van der Waals surface area contributed by atoms with Crippen molar-refractivity contribution < 1.29 is 21.1 Å². The Morgan fingerprint density at radius 2 is 1.71 bits per heavy atom. The van der Waals surface area contributed by atoms with Crippen LogP contribution in [0.1, 0.15) is 19.5 Å². The largest absolute Gasteiger partial charge is 0.500 e. The van der Waals surface area contributed by atoms with Crippen LogP contribution in [0.5, 0.6) is 0 Å². The molecule has 0 amide bonds. The number of pyridine rings is 1. The predicted molar refractivity (Wildman–Crippen MR) is 137 cm³/mol. The summed E-state index contributed by atoms with van der Waals surface area (Å²) in [5, 5.41) is 2.56. The summed E-state index contributed by atoms with van der Waals surface area (Å²) in [6, 6.07) is 33.8. The van der Waals surface area contributed by atoms with Gasteiger partial charge in [-0.25, -0.2) is 0 Å². The average Bonchev–Trinajstić information content (AvgIpc) is 3.50. The topological polar surface area (TPSA) is 19.4 Å². The molecule has 3 heterocycles. The quantitative estimate of drug-likeness (QED) is 0.192. The zero-order valence-corrected chi connectivity index (χ0v) is 21.9. The van der Waals surface area contributed by atoms with Gasteiger partial charge in [0.15, 0.2) is 0 Å². The number of hydrogen-bond acceptors (Lipinski definition) is 4. The summed E-state index contributed by atoms with van der Waals surface area (Å²) in [5.41, 5.74) is 3.71. The first-order chi connectivity index (χ1) is 16.1. The second kappa shape index (κ2) is 9.02. The molecule has 0 saturated heterocycles. The number of nitrogens with zero attached hydrogens (tertiary/aromatic N) is 3. The van der Waals surface area contributed by atoms with Crippen LogP contribution < -0.4 is 4.90 Å². The number of thiophene rings is 1. The summed E-state index contributed by atoms with van der Waals surface area (Å²) in [5.74, 6) is 0. The fraction of sp³-hybridized carbons (Fsp3) is 0.103. The number of anilines is 1. The molecule has 2 aromatic heterocycles. The van der Waals surface area contributed by atoms with Crippen LogP contribution in [0, 0.1) is 18.8 Å². The van der Waals surface area contributed by atoms with Crippen LogP contribution in [0.3, 0.4) is 0 Å². The van der Waals surface area contributed by atoms with Gasteiger partial charge >= 0.3 is 0 Å². The number of hydrogen-bond donors (Lipinski definition) is 0. The minimum atomic E-state index is -0.329. The molecule has 0 spiro atoms. The van der Waals surface area contributed by atoms with E-state index < -0.39 is 0 Å². The molecule has 5 aromatic rings. The second-order valence-electron chi connectivity index (χ2n) is 8.64. The summed E-state index contributed by atoms with van der Waals surface area (Å²) in [7, 11) is 0. The van der Waals surface area contributed by atoms with Gasteiger partial charge in [-0.1, -0.05) is 35.7 Å². The van der Waals surface area contributed by atoms with E-state index in [-0.39, 0.29) is 26.6 Å². The van der Waals surface area contributed by atoms with Gasteiger partial charge in [0.1, 0.15) is 0 Å². The van der Waals surface area contributed by atoms with E-state index in [1.165, 1.54) is 20.2 Å². The number of para-hydroxylation sites is 1. The molecule has 5 heteroatoms. The van der Waals surface area contributed by atoms with Crippen molar-refractivity contribution in [2.24, 2.45) is 0 Å².